The molecule has 1 amide bonds. The normalized spacial score (nSPS) is 15.3. The molecule has 9 heteroatoms. The van der Waals surface area contributed by atoms with Crippen LogP contribution < -0.4 is 5.32 Å². The molecule has 1 heterocycles. The monoisotopic (exact) mass is 503 g/mol. The number of carbonyl (C=O) groups is 1. The van der Waals surface area contributed by atoms with Gasteiger partial charge in [-0.15, -0.1) is 0 Å². The average molecular weight is 504 g/mol. The minimum atomic E-state index is -3.46. The number of rotatable bonds is 6. The molecule has 3 aromatic rings. The van der Waals surface area contributed by atoms with E-state index in [2.05, 4.69) is 10.2 Å². The molecular weight excluding hydrogens is 481 g/mol. The summed E-state index contributed by atoms with van der Waals surface area (Å²) >= 11 is 12.0. The van der Waals surface area contributed by atoms with Crippen LogP contribution in [0.25, 0.3) is 0 Å². The summed E-state index contributed by atoms with van der Waals surface area (Å²) in [6.07, 6.45) is 0. The van der Waals surface area contributed by atoms with Gasteiger partial charge < -0.3 is 5.32 Å². The van der Waals surface area contributed by atoms with E-state index in [9.17, 15) is 13.2 Å². The lowest BCUT2D eigenvalue weighted by Gasteiger charge is -2.34. The molecule has 0 saturated carbocycles. The van der Waals surface area contributed by atoms with E-state index in [0.29, 0.717) is 58.9 Å². The molecule has 1 fully saturated rings. The first-order valence-electron chi connectivity index (χ1n) is 10.5. The number of piperazine rings is 1. The van der Waals surface area contributed by atoms with Gasteiger partial charge in [0.2, 0.25) is 10.0 Å². The molecule has 4 rings (SSSR count). The number of nitrogens with one attached hydrogen (secondary N) is 1. The molecule has 3 aromatic carbocycles. The molecule has 0 bridgehead atoms. The summed E-state index contributed by atoms with van der Waals surface area (Å²) in [4.78, 5) is 15.1. The zero-order valence-corrected chi connectivity index (χ0v) is 20.1. The molecule has 33 heavy (non-hydrogen) atoms. The first-order valence-corrected chi connectivity index (χ1v) is 12.7. The molecule has 6 nitrogen and oxygen atoms in total. The Morgan fingerprint density at radius 3 is 2.18 bits per heavy atom. The minimum absolute atomic E-state index is 0.259. The van der Waals surface area contributed by atoms with Gasteiger partial charge in [-0.3, -0.25) is 9.69 Å². The number of halogens is 2. The molecule has 1 saturated heterocycles. The number of amides is 1. The van der Waals surface area contributed by atoms with Crippen molar-refractivity contribution in [1.82, 2.24) is 9.21 Å². The van der Waals surface area contributed by atoms with Crippen molar-refractivity contribution in [1.29, 1.82) is 0 Å². The van der Waals surface area contributed by atoms with E-state index in [4.69, 9.17) is 23.2 Å². The van der Waals surface area contributed by atoms with Gasteiger partial charge in [-0.05, 0) is 48.0 Å². The number of benzene rings is 3. The van der Waals surface area contributed by atoms with Gasteiger partial charge in [0.15, 0.2) is 0 Å². The second kappa shape index (κ2) is 10.2. The average Bonchev–Trinajstić information content (AvgIpc) is 2.82. The molecule has 0 spiro atoms. The Bertz CT molecular complexity index is 1230. The third-order valence-electron chi connectivity index (χ3n) is 5.51. The molecule has 0 atom stereocenters. The molecule has 0 unspecified atom stereocenters. The van der Waals surface area contributed by atoms with E-state index in [1.165, 1.54) is 4.31 Å². The van der Waals surface area contributed by atoms with Crippen LogP contribution in [-0.2, 0) is 16.6 Å². The summed E-state index contributed by atoms with van der Waals surface area (Å²) in [6, 6.07) is 20.8. The highest BCUT2D eigenvalue weighted by Crippen LogP contribution is 2.26. The summed E-state index contributed by atoms with van der Waals surface area (Å²) in [5.74, 6) is -0.259. The first-order chi connectivity index (χ1) is 15.8. The fourth-order valence-corrected chi connectivity index (χ4v) is 5.57. The predicted octanol–water partition coefficient (Wildman–Crippen LogP) is 4.75. The summed E-state index contributed by atoms with van der Waals surface area (Å²) in [7, 11) is -3.46. The van der Waals surface area contributed by atoms with E-state index < -0.39 is 10.0 Å². The summed E-state index contributed by atoms with van der Waals surface area (Å²) < 4.78 is 27.1. The number of hydrogen-bond acceptors (Lipinski definition) is 4. The zero-order chi connectivity index (χ0) is 23.4. The molecule has 1 N–H and O–H groups in total. The van der Waals surface area contributed by atoms with Gasteiger partial charge in [0.1, 0.15) is 0 Å². The maximum absolute atomic E-state index is 12.8. The fraction of sp³-hybridized carbons (Fsp3) is 0.208. The van der Waals surface area contributed by atoms with Crippen molar-refractivity contribution >= 4 is 44.8 Å². The third kappa shape index (κ3) is 5.75. The van der Waals surface area contributed by atoms with Gasteiger partial charge in [0, 0.05) is 43.3 Å². The number of hydrogen-bond donors (Lipinski definition) is 1. The van der Waals surface area contributed by atoms with Crippen LogP contribution in [0.3, 0.4) is 0 Å². The van der Waals surface area contributed by atoms with Gasteiger partial charge in [0.05, 0.1) is 15.6 Å². The fourth-order valence-electron chi connectivity index (χ4n) is 3.67. The summed E-state index contributed by atoms with van der Waals surface area (Å²) in [6.45, 7) is 2.86. The van der Waals surface area contributed by atoms with E-state index in [1.54, 1.807) is 60.7 Å². The molecule has 1 aliphatic heterocycles. The molecule has 0 radical (unpaired) electrons. The highest BCUT2D eigenvalue weighted by atomic mass is 35.5. The van der Waals surface area contributed by atoms with Gasteiger partial charge >= 0.3 is 0 Å². The van der Waals surface area contributed by atoms with Crippen LogP contribution in [0.15, 0.2) is 77.7 Å². The van der Waals surface area contributed by atoms with Crippen LogP contribution in [0.1, 0.15) is 15.9 Å². The Hall–Kier alpha value is -2.42. The molecule has 0 aliphatic carbocycles. The largest absolute Gasteiger partial charge is 0.321 e. The highest BCUT2D eigenvalue weighted by Gasteiger charge is 2.28. The van der Waals surface area contributed by atoms with E-state index >= 15 is 0 Å². The maximum Gasteiger partial charge on any atom is 0.255 e. The van der Waals surface area contributed by atoms with Crippen molar-refractivity contribution in [2.45, 2.75) is 11.4 Å². The van der Waals surface area contributed by atoms with E-state index in [-0.39, 0.29) is 5.91 Å². The van der Waals surface area contributed by atoms with Crippen molar-refractivity contribution in [2.75, 3.05) is 31.5 Å². The van der Waals surface area contributed by atoms with Gasteiger partial charge in [0.25, 0.3) is 5.91 Å². The van der Waals surface area contributed by atoms with Gasteiger partial charge in [-0.2, -0.15) is 4.31 Å². The van der Waals surface area contributed by atoms with Crippen LogP contribution in [0.5, 0.6) is 0 Å². The summed E-state index contributed by atoms with van der Waals surface area (Å²) in [5, 5.41) is 3.66. The standard InChI is InChI=1S/C24H23Cl2N3O3S/c25-20-10-11-23(22(26)16-20)27-24(30)19-8-6-18(7-9-19)17-28-12-14-29(15-13-28)33(31,32)21-4-2-1-3-5-21/h1-11,16H,12-15,17H2,(H,27,30). The Labute approximate surface area is 203 Å². The van der Waals surface area contributed by atoms with Crippen LogP contribution in [-0.4, -0.2) is 49.7 Å². The molecular formula is C24H23Cl2N3O3S. The Morgan fingerprint density at radius 2 is 1.55 bits per heavy atom. The van der Waals surface area contributed by atoms with Crippen molar-refractivity contribution in [3.63, 3.8) is 0 Å². The van der Waals surface area contributed by atoms with Crippen LogP contribution in [0.2, 0.25) is 10.0 Å². The van der Waals surface area contributed by atoms with Crippen LogP contribution in [0.4, 0.5) is 5.69 Å². The first kappa shape index (κ1) is 23.7. The Balaban J connectivity index is 1.32. The smallest absolute Gasteiger partial charge is 0.255 e. The Kier molecular flexibility index (Phi) is 7.36. The van der Waals surface area contributed by atoms with Crippen molar-refractivity contribution < 1.29 is 13.2 Å². The number of nitrogens with zero attached hydrogens (tertiary/aromatic N) is 2. The maximum atomic E-state index is 12.8. The van der Waals surface area contributed by atoms with E-state index in [1.807, 2.05) is 12.1 Å². The zero-order valence-electron chi connectivity index (χ0n) is 17.7. The topological polar surface area (TPSA) is 69.7 Å². The van der Waals surface area contributed by atoms with Crippen LogP contribution in [0, 0.1) is 0 Å². The number of anilines is 1. The summed E-state index contributed by atoms with van der Waals surface area (Å²) in [5.41, 5.74) is 2.07. The lowest BCUT2D eigenvalue weighted by molar-refractivity contribution is 0.102. The molecule has 1 aliphatic rings. The number of sulfonamides is 1. The second-order valence-corrected chi connectivity index (χ2v) is 10.6. The predicted molar refractivity (Wildman–Crippen MR) is 131 cm³/mol. The molecule has 0 aromatic heterocycles. The quantitative estimate of drug-likeness (QED) is 0.526. The van der Waals surface area contributed by atoms with Gasteiger partial charge in [-0.1, -0.05) is 53.5 Å². The lowest BCUT2D eigenvalue weighted by atomic mass is 10.1. The van der Waals surface area contributed by atoms with Crippen LogP contribution >= 0.6 is 23.2 Å². The highest BCUT2D eigenvalue weighted by molar-refractivity contribution is 7.89. The lowest BCUT2D eigenvalue weighted by Crippen LogP contribution is -2.48. The van der Waals surface area contributed by atoms with Crippen molar-refractivity contribution in [3.05, 3.63) is 94.0 Å². The SMILES string of the molecule is O=C(Nc1ccc(Cl)cc1Cl)c1ccc(CN2CCN(S(=O)(=O)c3ccccc3)CC2)cc1. The van der Waals surface area contributed by atoms with Crippen molar-refractivity contribution in [2.24, 2.45) is 0 Å². The second-order valence-electron chi connectivity index (χ2n) is 7.77. The van der Waals surface area contributed by atoms with Gasteiger partial charge in [-0.25, -0.2) is 8.42 Å². The number of carbonyl (C=O) groups excluding carboxylic acids is 1. The van der Waals surface area contributed by atoms with E-state index in [0.717, 1.165) is 5.56 Å². The van der Waals surface area contributed by atoms with Crippen molar-refractivity contribution in [3.8, 4) is 0 Å². The Morgan fingerprint density at radius 1 is 0.879 bits per heavy atom. The third-order valence-corrected chi connectivity index (χ3v) is 7.97. The minimum Gasteiger partial charge on any atom is -0.321 e. The molecule has 172 valence electrons.